The van der Waals surface area contributed by atoms with Gasteiger partial charge in [-0.05, 0) is 42.2 Å². The predicted molar refractivity (Wildman–Crippen MR) is 105 cm³/mol. The van der Waals surface area contributed by atoms with Crippen molar-refractivity contribution < 1.29 is 19.0 Å². The largest absolute Gasteiger partial charge is 0.481 e. The molecule has 0 saturated heterocycles. The van der Waals surface area contributed by atoms with Gasteiger partial charge < -0.3 is 19.5 Å². The maximum atomic E-state index is 12.5. The molecule has 1 unspecified atom stereocenters. The summed E-state index contributed by atoms with van der Waals surface area (Å²) >= 11 is 0. The van der Waals surface area contributed by atoms with Gasteiger partial charge in [-0.1, -0.05) is 32.9 Å². The molecule has 2 rings (SSSR count). The Morgan fingerprint density at radius 1 is 1.15 bits per heavy atom. The molecule has 0 aliphatic rings. The van der Waals surface area contributed by atoms with E-state index in [1.54, 1.807) is 32.4 Å². The second-order valence-electron chi connectivity index (χ2n) is 7.22. The number of aromatic nitrogens is 1. The first-order valence-corrected chi connectivity index (χ1v) is 8.96. The van der Waals surface area contributed by atoms with Crippen molar-refractivity contribution in [3.05, 3.63) is 48.2 Å². The Morgan fingerprint density at radius 2 is 1.85 bits per heavy atom. The van der Waals surface area contributed by atoms with Crippen molar-refractivity contribution in [1.82, 2.24) is 4.98 Å². The minimum atomic E-state index is -0.669. The van der Waals surface area contributed by atoms with Crippen LogP contribution in [0.1, 0.15) is 33.3 Å². The van der Waals surface area contributed by atoms with Gasteiger partial charge >= 0.3 is 0 Å². The summed E-state index contributed by atoms with van der Waals surface area (Å²) in [5, 5.41) is 2.80. The fourth-order valence-corrected chi connectivity index (χ4v) is 2.35. The Bertz CT molecular complexity index is 739. The molecule has 0 bridgehead atoms. The molecule has 1 heterocycles. The predicted octanol–water partition coefficient (Wildman–Crippen LogP) is 3.81. The molecule has 0 aliphatic heterocycles. The summed E-state index contributed by atoms with van der Waals surface area (Å²) < 4.78 is 16.2. The minimum absolute atomic E-state index is 0.0705. The van der Waals surface area contributed by atoms with Crippen LogP contribution >= 0.6 is 0 Å². The highest BCUT2D eigenvalue weighted by atomic mass is 16.5. The van der Waals surface area contributed by atoms with E-state index < -0.39 is 6.10 Å². The summed E-state index contributed by atoms with van der Waals surface area (Å²) in [4.78, 5) is 16.6. The molecule has 1 aromatic carbocycles. The van der Waals surface area contributed by atoms with Crippen LogP contribution in [-0.2, 0) is 14.9 Å². The van der Waals surface area contributed by atoms with E-state index in [1.807, 2.05) is 24.3 Å². The Labute approximate surface area is 160 Å². The highest BCUT2D eigenvalue weighted by Gasteiger charge is 2.18. The van der Waals surface area contributed by atoms with Crippen molar-refractivity contribution in [3.63, 3.8) is 0 Å². The van der Waals surface area contributed by atoms with Gasteiger partial charge in [0.15, 0.2) is 6.10 Å². The van der Waals surface area contributed by atoms with Crippen LogP contribution in [0.2, 0.25) is 0 Å². The Balaban J connectivity index is 1.98. The molecule has 1 N–H and O–H groups in total. The molecule has 6 nitrogen and oxygen atoms in total. The summed E-state index contributed by atoms with van der Waals surface area (Å²) in [5.74, 6) is 0.720. The van der Waals surface area contributed by atoms with Crippen LogP contribution in [0.15, 0.2) is 42.6 Å². The third-order valence-corrected chi connectivity index (χ3v) is 3.96. The second kappa shape index (κ2) is 9.37. The van der Waals surface area contributed by atoms with Gasteiger partial charge in [0.1, 0.15) is 18.0 Å². The fraction of sp³-hybridized carbons (Fsp3) is 0.429. The number of anilines is 1. The molecule has 27 heavy (non-hydrogen) atoms. The van der Waals surface area contributed by atoms with E-state index in [-0.39, 0.29) is 11.3 Å². The van der Waals surface area contributed by atoms with Gasteiger partial charge in [0, 0.05) is 13.3 Å². The number of ether oxygens (including phenoxy) is 3. The first kappa shape index (κ1) is 20.7. The van der Waals surface area contributed by atoms with Crippen LogP contribution in [0.5, 0.6) is 11.6 Å². The Kier molecular flexibility index (Phi) is 7.19. The smallest absolute Gasteiger partial charge is 0.265 e. The molecule has 0 aliphatic carbocycles. The van der Waals surface area contributed by atoms with Gasteiger partial charge in [-0.15, -0.1) is 0 Å². The first-order valence-electron chi connectivity index (χ1n) is 8.96. The molecule has 0 saturated carbocycles. The van der Waals surface area contributed by atoms with Crippen molar-refractivity contribution in [2.75, 3.05) is 25.6 Å². The van der Waals surface area contributed by atoms with Crippen molar-refractivity contribution in [3.8, 4) is 11.6 Å². The lowest BCUT2D eigenvalue weighted by atomic mass is 9.87. The average molecular weight is 372 g/mol. The number of carbonyl (C=O) groups excluding carboxylic acids is 1. The SMILES string of the molecule is COCCOc1ncccc1NC(=O)C(C)Oc1ccc(C(C)(C)C)cc1. The molecule has 146 valence electrons. The number of rotatable bonds is 8. The third-order valence-electron chi connectivity index (χ3n) is 3.96. The minimum Gasteiger partial charge on any atom is -0.481 e. The van der Waals surface area contributed by atoms with Crippen LogP contribution in [0.4, 0.5) is 5.69 Å². The van der Waals surface area contributed by atoms with Crippen molar-refractivity contribution in [2.45, 2.75) is 39.2 Å². The van der Waals surface area contributed by atoms with Gasteiger partial charge in [0.05, 0.1) is 6.61 Å². The highest BCUT2D eigenvalue weighted by Crippen LogP contribution is 2.25. The van der Waals surface area contributed by atoms with E-state index in [0.29, 0.717) is 30.5 Å². The van der Waals surface area contributed by atoms with Gasteiger partial charge in [-0.3, -0.25) is 4.79 Å². The van der Waals surface area contributed by atoms with E-state index in [0.717, 1.165) is 0 Å². The average Bonchev–Trinajstić information content (AvgIpc) is 2.63. The molecular weight excluding hydrogens is 344 g/mol. The summed E-state index contributed by atoms with van der Waals surface area (Å²) in [6.45, 7) is 8.95. The number of nitrogens with one attached hydrogen (secondary N) is 1. The highest BCUT2D eigenvalue weighted by molar-refractivity contribution is 5.95. The van der Waals surface area contributed by atoms with Crippen molar-refractivity contribution in [1.29, 1.82) is 0 Å². The number of hydrogen-bond donors (Lipinski definition) is 1. The zero-order chi connectivity index (χ0) is 19.9. The first-order chi connectivity index (χ1) is 12.8. The lowest BCUT2D eigenvalue weighted by Gasteiger charge is -2.20. The molecule has 0 spiro atoms. The number of benzene rings is 1. The number of nitrogens with zero attached hydrogens (tertiary/aromatic N) is 1. The molecule has 1 atom stereocenters. The Morgan fingerprint density at radius 3 is 2.48 bits per heavy atom. The second-order valence-corrected chi connectivity index (χ2v) is 7.22. The van der Waals surface area contributed by atoms with Gasteiger partial charge in [0.2, 0.25) is 5.88 Å². The summed E-state index contributed by atoms with van der Waals surface area (Å²) in [6, 6.07) is 11.3. The molecule has 2 aromatic rings. The van der Waals surface area contributed by atoms with Crippen LogP contribution in [-0.4, -0.2) is 37.3 Å². The third kappa shape index (κ3) is 6.25. The van der Waals surface area contributed by atoms with Crippen LogP contribution < -0.4 is 14.8 Å². The summed E-state index contributed by atoms with van der Waals surface area (Å²) in [6.07, 6.45) is 0.937. The maximum Gasteiger partial charge on any atom is 0.265 e. The molecule has 1 aromatic heterocycles. The number of amides is 1. The monoisotopic (exact) mass is 372 g/mol. The fourth-order valence-electron chi connectivity index (χ4n) is 2.35. The van der Waals surface area contributed by atoms with Crippen LogP contribution in [0.25, 0.3) is 0 Å². The van der Waals surface area contributed by atoms with E-state index in [4.69, 9.17) is 14.2 Å². The number of methoxy groups -OCH3 is 1. The summed E-state index contributed by atoms with van der Waals surface area (Å²) in [7, 11) is 1.59. The quantitative estimate of drug-likeness (QED) is 0.714. The standard InChI is InChI=1S/C21H28N2O4/c1-15(27-17-10-8-16(9-11-17)21(2,3)4)19(24)23-18-7-6-12-22-20(18)26-14-13-25-5/h6-12,15H,13-14H2,1-5H3,(H,23,24). The van der Waals surface area contributed by atoms with Crippen LogP contribution in [0.3, 0.4) is 0 Å². The lowest BCUT2D eigenvalue weighted by molar-refractivity contribution is -0.122. The summed E-state index contributed by atoms with van der Waals surface area (Å²) in [5.41, 5.74) is 1.78. The topological polar surface area (TPSA) is 69.7 Å². The molecule has 6 heteroatoms. The number of pyridine rings is 1. The van der Waals surface area contributed by atoms with Crippen molar-refractivity contribution in [2.24, 2.45) is 0 Å². The van der Waals surface area contributed by atoms with E-state index in [2.05, 4.69) is 31.1 Å². The van der Waals surface area contributed by atoms with Gasteiger partial charge in [0.25, 0.3) is 5.91 Å². The van der Waals surface area contributed by atoms with E-state index in [1.165, 1.54) is 5.56 Å². The maximum absolute atomic E-state index is 12.5. The molecule has 1 amide bonds. The molecule has 0 radical (unpaired) electrons. The molecule has 0 fully saturated rings. The van der Waals surface area contributed by atoms with E-state index >= 15 is 0 Å². The van der Waals surface area contributed by atoms with Crippen molar-refractivity contribution >= 4 is 11.6 Å². The molecular formula is C21H28N2O4. The number of hydrogen-bond acceptors (Lipinski definition) is 5. The zero-order valence-electron chi connectivity index (χ0n) is 16.6. The normalized spacial score (nSPS) is 12.3. The van der Waals surface area contributed by atoms with Gasteiger partial charge in [-0.2, -0.15) is 0 Å². The Hall–Kier alpha value is -2.60. The lowest BCUT2D eigenvalue weighted by Crippen LogP contribution is -2.30. The van der Waals surface area contributed by atoms with Crippen LogP contribution in [0, 0.1) is 0 Å². The zero-order valence-corrected chi connectivity index (χ0v) is 16.6. The van der Waals surface area contributed by atoms with E-state index in [9.17, 15) is 4.79 Å². The number of carbonyl (C=O) groups is 1. The van der Waals surface area contributed by atoms with Gasteiger partial charge in [-0.25, -0.2) is 4.98 Å².